The maximum atomic E-state index is 11.5. The molecule has 1 amide bonds. The molecular formula is C9H15NO5. The van der Waals surface area contributed by atoms with Gasteiger partial charge in [-0.25, -0.2) is 4.79 Å². The fourth-order valence-electron chi connectivity index (χ4n) is 1.47. The van der Waals surface area contributed by atoms with Gasteiger partial charge in [-0.3, -0.25) is 4.79 Å². The van der Waals surface area contributed by atoms with Gasteiger partial charge in [0.1, 0.15) is 6.04 Å². The molecule has 0 aliphatic carbocycles. The Balaban J connectivity index is 2.44. The van der Waals surface area contributed by atoms with Gasteiger partial charge in [0.05, 0.1) is 25.2 Å². The van der Waals surface area contributed by atoms with E-state index in [0.29, 0.717) is 13.0 Å². The van der Waals surface area contributed by atoms with Crippen LogP contribution >= 0.6 is 0 Å². The topological polar surface area (TPSA) is 95.9 Å². The average molecular weight is 217 g/mol. The van der Waals surface area contributed by atoms with Crippen LogP contribution in [-0.2, 0) is 14.3 Å². The van der Waals surface area contributed by atoms with Crippen LogP contribution in [0.4, 0.5) is 0 Å². The number of aliphatic hydroxyl groups is 1. The lowest BCUT2D eigenvalue weighted by molar-refractivity contribution is -0.143. The molecule has 1 aliphatic heterocycles. The first-order valence-corrected chi connectivity index (χ1v) is 4.80. The Labute approximate surface area is 87.2 Å². The summed E-state index contributed by atoms with van der Waals surface area (Å²) in [5.74, 6) is -1.92. The van der Waals surface area contributed by atoms with Gasteiger partial charge in [-0.2, -0.15) is 0 Å². The molecule has 1 aliphatic rings. The van der Waals surface area contributed by atoms with E-state index in [9.17, 15) is 9.59 Å². The molecule has 0 aromatic rings. The van der Waals surface area contributed by atoms with Crippen molar-refractivity contribution >= 4 is 11.9 Å². The molecule has 1 rings (SSSR count). The highest BCUT2D eigenvalue weighted by Gasteiger charge is 2.30. The molecule has 86 valence electrons. The van der Waals surface area contributed by atoms with E-state index >= 15 is 0 Å². The predicted molar refractivity (Wildman–Crippen MR) is 50.2 cm³/mol. The number of aliphatic hydroxyl groups excluding tert-OH is 1. The Morgan fingerprint density at radius 3 is 2.67 bits per heavy atom. The summed E-state index contributed by atoms with van der Waals surface area (Å²) in [6, 6.07) is -1.23. The molecule has 0 bridgehead atoms. The van der Waals surface area contributed by atoms with E-state index in [0.717, 1.165) is 0 Å². The first-order chi connectivity index (χ1) is 7.04. The normalized spacial score (nSPS) is 27.3. The van der Waals surface area contributed by atoms with Crippen molar-refractivity contribution in [1.29, 1.82) is 0 Å². The fraction of sp³-hybridized carbons (Fsp3) is 0.778. The van der Waals surface area contributed by atoms with Crippen molar-refractivity contribution in [2.45, 2.75) is 25.5 Å². The minimum atomic E-state index is -1.24. The minimum Gasteiger partial charge on any atom is -0.480 e. The smallest absolute Gasteiger partial charge is 0.328 e. The summed E-state index contributed by atoms with van der Waals surface area (Å²) in [5, 5.41) is 19.6. The lowest BCUT2D eigenvalue weighted by Gasteiger charge is -2.14. The van der Waals surface area contributed by atoms with Gasteiger partial charge < -0.3 is 20.3 Å². The van der Waals surface area contributed by atoms with E-state index < -0.39 is 18.6 Å². The Kier molecular flexibility index (Phi) is 4.05. The van der Waals surface area contributed by atoms with Crippen molar-refractivity contribution in [3.8, 4) is 0 Å². The van der Waals surface area contributed by atoms with Crippen LogP contribution in [0, 0.1) is 5.92 Å². The van der Waals surface area contributed by atoms with E-state index in [1.54, 1.807) is 0 Å². The second kappa shape index (κ2) is 5.09. The van der Waals surface area contributed by atoms with Gasteiger partial charge in [0.25, 0.3) is 0 Å². The summed E-state index contributed by atoms with van der Waals surface area (Å²) < 4.78 is 5.19. The van der Waals surface area contributed by atoms with Gasteiger partial charge in [0.15, 0.2) is 0 Å². The van der Waals surface area contributed by atoms with Gasteiger partial charge >= 0.3 is 5.97 Å². The maximum absolute atomic E-state index is 11.5. The number of carboxylic acids is 1. The standard InChI is InChI=1S/C9H15NO5/c1-5-2-6(4-15-5)8(12)10-7(3-11)9(13)14/h5-7,11H,2-4H2,1H3,(H,10,12)(H,13,14)/t5?,6?,7-/m1/s1. The Hall–Kier alpha value is -1.14. The van der Waals surface area contributed by atoms with Crippen LogP contribution in [0.15, 0.2) is 0 Å². The third-order valence-corrected chi connectivity index (χ3v) is 2.37. The monoisotopic (exact) mass is 217 g/mol. The third kappa shape index (κ3) is 3.17. The van der Waals surface area contributed by atoms with Gasteiger partial charge in [0, 0.05) is 0 Å². The van der Waals surface area contributed by atoms with Crippen LogP contribution in [-0.4, -0.2) is 47.4 Å². The summed E-state index contributed by atoms with van der Waals surface area (Å²) in [6.07, 6.45) is 0.613. The lowest BCUT2D eigenvalue weighted by Crippen LogP contribution is -2.46. The fourth-order valence-corrected chi connectivity index (χ4v) is 1.47. The second-order valence-corrected chi connectivity index (χ2v) is 3.66. The van der Waals surface area contributed by atoms with Gasteiger partial charge in [-0.1, -0.05) is 0 Å². The van der Waals surface area contributed by atoms with Crippen molar-refractivity contribution in [2.24, 2.45) is 5.92 Å². The van der Waals surface area contributed by atoms with Gasteiger partial charge in [-0.05, 0) is 13.3 Å². The molecule has 1 saturated heterocycles. The van der Waals surface area contributed by atoms with E-state index in [4.69, 9.17) is 14.9 Å². The summed E-state index contributed by atoms with van der Waals surface area (Å²) in [4.78, 5) is 22.0. The maximum Gasteiger partial charge on any atom is 0.328 e. The summed E-state index contributed by atoms with van der Waals surface area (Å²) >= 11 is 0. The SMILES string of the molecule is CC1CC(C(=O)N[C@H](CO)C(=O)O)CO1. The molecule has 6 heteroatoms. The number of aliphatic carboxylic acids is 1. The van der Waals surface area contributed by atoms with Crippen LogP contribution in [0.5, 0.6) is 0 Å². The molecule has 6 nitrogen and oxygen atoms in total. The Morgan fingerprint density at radius 2 is 2.27 bits per heavy atom. The van der Waals surface area contributed by atoms with Crippen molar-refractivity contribution < 1.29 is 24.5 Å². The molecule has 0 radical (unpaired) electrons. The summed E-state index contributed by atoms with van der Waals surface area (Å²) in [7, 11) is 0. The van der Waals surface area contributed by atoms with Crippen LogP contribution in [0.2, 0.25) is 0 Å². The number of rotatable bonds is 4. The number of carbonyl (C=O) groups excluding carboxylic acids is 1. The zero-order valence-electron chi connectivity index (χ0n) is 8.47. The zero-order chi connectivity index (χ0) is 11.4. The van der Waals surface area contributed by atoms with Crippen LogP contribution < -0.4 is 5.32 Å². The lowest BCUT2D eigenvalue weighted by atomic mass is 10.1. The van der Waals surface area contributed by atoms with E-state index in [-0.39, 0.29) is 17.9 Å². The Morgan fingerprint density at radius 1 is 1.60 bits per heavy atom. The number of carbonyl (C=O) groups is 2. The molecule has 3 N–H and O–H groups in total. The molecule has 3 atom stereocenters. The first kappa shape index (κ1) is 11.9. The quantitative estimate of drug-likeness (QED) is 0.559. The number of hydrogen-bond acceptors (Lipinski definition) is 4. The van der Waals surface area contributed by atoms with Crippen molar-refractivity contribution in [3.63, 3.8) is 0 Å². The first-order valence-electron chi connectivity index (χ1n) is 4.80. The second-order valence-electron chi connectivity index (χ2n) is 3.66. The third-order valence-electron chi connectivity index (χ3n) is 2.37. The van der Waals surface area contributed by atoms with Gasteiger partial charge in [0.2, 0.25) is 5.91 Å². The summed E-state index contributed by atoms with van der Waals surface area (Å²) in [5.41, 5.74) is 0. The molecule has 15 heavy (non-hydrogen) atoms. The van der Waals surface area contributed by atoms with E-state index in [1.165, 1.54) is 0 Å². The highest BCUT2D eigenvalue weighted by Crippen LogP contribution is 2.18. The molecule has 2 unspecified atom stereocenters. The number of ether oxygens (including phenoxy) is 1. The van der Waals surface area contributed by atoms with E-state index in [1.807, 2.05) is 6.92 Å². The number of amides is 1. The molecule has 0 spiro atoms. The molecule has 0 saturated carbocycles. The van der Waals surface area contributed by atoms with Crippen molar-refractivity contribution in [1.82, 2.24) is 5.32 Å². The van der Waals surface area contributed by atoms with Crippen LogP contribution in [0.25, 0.3) is 0 Å². The Bertz CT molecular complexity index is 255. The predicted octanol–water partition coefficient (Wildman–Crippen LogP) is -1.03. The average Bonchev–Trinajstić information content (AvgIpc) is 2.60. The summed E-state index contributed by atoms with van der Waals surface area (Å²) in [6.45, 7) is 1.56. The van der Waals surface area contributed by atoms with Gasteiger partial charge in [-0.15, -0.1) is 0 Å². The highest BCUT2D eigenvalue weighted by atomic mass is 16.5. The molecule has 1 fully saturated rings. The van der Waals surface area contributed by atoms with Crippen molar-refractivity contribution in [2.75, 3.05) is 13.2 Å². The van der Waals surface area contributed by atoms with Crippen LogP contribution in [0.1, 0.15) is 13.3 Å². The largest absolute Gasteiger partial charge is 0.480 e. The number of nitrogens with one attached hydrogen (secondary N) is 1. The molecule has 1 heterocycles. The van der Waals surface area contributed by atoms with E-state index in [2.05, 4.69) is 5.32 Å². The van der Waals surface area contributed by atoms with Crippen LogP contribution in [0.3, 0.4) is 0 Å². The zero-order valence-corrected chi connectivity index (χ0v) is 8.47. The minimum absolute atomic E-state index is 0.0261. The highest BCUT2D eigenvalue weighted by molar-refractivity contribution is 5.85. The molecular weight excluding hydrogens is 202 g/mol. The molecule has 0 aromatic heterocycles. The number of hydrogen-bond donors (Lipinski definition) is 3. The molecule has 0 aromatic carbocycles. The number of carboxylic acid groups (broad SMARTS) is 1. The van der Waals surface area contributed by atoms with Crippen molar-refractivity contribution in [3.05, 3.63) is 0 Å².